The van der Waals surface area contributed by atoms with Gasteiger partial charge >= 0.3 is 0 Å². The second-order valence-corrected chi connectivity index (χ2v) is 18.3. The minimum Gasteiger partial charge on any atom is -0.228 e. The third-order valence-electron chi connectivity index (χ3n) is 13.5. The van der Waals surface area contributed by atoms with Crippen LogP contribution in [0.4, 0.5) is 0 Å². The molecule has 2 nitrogen and oxygen atoms in total. The first-order chi connectivity index (χ1) is 32.7. The van der Waals surface area contributed by atoms with Crippen molar-refractivity contribution in [3.8, 4) is 67.3 Å². The van der Waals surface area contributed by atoms with Crippen molar-refractivity contribution < 1.29 is 0 Å². The van der Waals surface area contributed by atoms with Crippen LogP contribution in [-0.4, -0.2) is 9.97 Å². The molecule has 66 heavy (non-hydrogen) atoms. The SMILES string of the molecule is c1ccc(-c2nc(-c3cc(-c4ccc5ccccc5c4)cc(-c4cccc5sc6ccccc6c45)c3)cc(-c3ccc4c(c3)C(c3ccccc3)(c3ccccc3)c3ccccc3-4)n2)cc1. The lowest BCUT2D eigenvalue weighted by Crippen LogP contribution is -2.28. The van der Waals surface area contributed by atoms with Gasteiger partial charge in [0.05, 0.1) is 16.8 Å². The molecule has 2 heterocycles. The average molecular weight is 857 g/mol. The van der Waals surface area contributed by atoms with Gasteiger partial charge in [-0.1, -0.05) is 194 Å². The first-order valence-electron chi connectivity index (χ1n) is 22.5. The van der Waals surface area contributed by atoms with E-state index in [2.05, 4.69) is 237 Å². The number of hydrogen-bond donors (Lipinski definition) is 0. The van der Waals surface area contributed by atoms with Crippen molar-refractivity contribution in [2.45, 2.75) is 5.41 Å². The summed E-state index contributed by atoms with van der Waals surface area (Å²) in [6.07, 6.45) is 0. The summed E-state index contributed by atoms with van der Waals surface area (Å²) in [4.78, 5) is 10.9. The van der Waals surface area contributed by atoms with Crippen molar-refractivity contribution in [2.75, 3.05) is 0 Å². The van der Waals surface area contributed by atoms with Crippen LogP contribution in [0.3, 0.4) is 0 Å². The van der Waals surface area contributed by atoms with E-state index in [0.717, 1.165) is 44.8 Å². The summed E-state index contributed by atoms with van der Waals surface area (Å²) in [6, 6.07) is 88.4. The Morgan fingerprint density at radius 1 is 0.318 bits per heavy atom. The van der Waals surface area contributed by atoms with E-state index in [1.165, 1.54) is 69.9 Å². The highest BCUT2D eigenvalue weighted by Gasteiger charge is 2.46. The van der Waals surface area contributed by atoms with Crippen LogP contribution in [0.1, 0.15) is 22.3 Å². The van der Waals surface area contributed by atoms with E-state index in [4.69, 9.17) is 9.97 Å². The number of benzene rings is 10. The Hall–Kier alpha value is -8.24. The Morgan fingerprint density at radius 2 is 0.909 bits per heavy atom. The predicted molar refractivity (Wildman–Crippen MR) is 277 cm³/mol. The summed E-state index contributed by atoms with van der Waals surface area (Å²) >= 11 is 1.85. The van der Waals surface area contributed by atoms with Gasteiger partial charge in [0.15, 0.2) is 5.82 Å². The highest BCUT2D eigenvalue weighted by Crippen LogP contribution is 2.56. The maximum atomic E-state index is 5.44. The Balaban J connectivity index is 1.06. The fraction of sp³-hybridized carbons (Fsp3) is 0.0159. The Kier molecular flexibility index (Phi) is 8.97. The van der Waals surface area contributed by atoms with Crippen LogP contribution in [0.2, 0.25) is 0 Å². The summed E-state index contributed by atoms with van der Waals surface area (Å²) < 4.78 is 2.57. The molecule has 0 bridgehead atoms. The zero-order chi connectivity index (χ0) is 43.6. The maximum Gasteiger partial charge on any atom is 0.160 e. The fourth-order valence-corrected chi connectivity index (χ4v) is 11.7. The lowest BCUT2D eigenvalue weighted by atomic mass is 9.67. The predicted octanol–water partition coefficient (Wildman–Crippen LogP) is 16.7. The smallest absolute Gasteiger partial charge is 0.160 e. The first-order valence-corrected chi connectivity index (χ1v) is 23.4. The molecule has 0 fully saturated rings. The lowest BCUT2D eigenvalue weighted by molar-refractivity contribution is 0.768. The number of thiophene rings is 1. The summed E-state index contributed by atoms with van der Waals surface area (Å²) in [5.74, 6) is 0.688. The minimum atomic E-state index is -0.529. The van der Waals surface area contributed by atoms with Crippen molar-refractivity contribution in [1.82, 2.24) is 9.97 Å². The molecule has 0 unspecified atom stereocenters. The van der Waals surface area contributed by atoms with Gasteiger partial charge < -0.3 is 0 Å². The number of aromatic nitrogens is 2. The van der Waals surface area contributed by atoms with E-state index in [-0.39, 0.29) is 0 Å². The molecular weight excluding hydrogens is 817 g/mol. The quantitative estimate of drug-likeness (QED) is 0.160. The van der Waals surface area contributed by atoms with Gasteiger partial charge in [0.25, 0.3) is 0 Å². The number of fused-ring (bicyclic) bond motifs is 7. The number of hydrogen-bond acceptors (Lipinski definition) is 3. The average Bonchev–Trinajstić information content (AvgIpc) is 3.93. The Morgan fingerprint density at radius 3 is 1.71 bits per heavy atom. The van der Waals surface area contributed by atoms with Crippen molar-refractivity contribution in [1.29, 1.82) is 0 Å². The Bertz CT molecular complexity index is 3780. The zero-order valence-corrected chi connectivity index (χ0v) is 36.7. The first kappa shape index (κ1) is 38.2. The van der Waals surface area contributed by atoms with Gasteiger partial charge in [0.2, 0.25) is 0 Å². The lowest BCUT2D eigenvalue weighted by Gasteiger charge is -2.34. The molecule has 0 amide bonds. The Labute approximate surface area is 387 Å². The molecule has 3 heteroatoms. The molecule has 0 saturated heterocycles. The molecule has 12 aromatic rings. The molecule has 0 aliphatic heterocycles. The molecule has 308 valence electrons. The van der Waals surface area contributed by atoms with E-state index in [9.17, 15) is 0 Å². The zero-order valence-electron chi connectivity index (χ0n) is 35.9. The molecule has 1 aliphatic rings. The van der Waals surface area contributed by atoms with Gasteiger partial charge in [-0.15, -0.1) is 11.3 Å². The minimum absolute atomic E-state index is 0.529. The van der Waals surface area contributed by atoms with E-state index in [1.54, 1.807) is 0 Å². The van der Waals surface area contributed by atoms with Crippen LogP contribution < -0.4 is 0 Å². The molecule has 2 aromatic heterocycles. The van der Waals surface area contributed by atoms with Gasteiger partial charge in [-0.25, -0.2) is 9.97 Å². The van der Waals surface area contributed by atoms with E-state index >= 15 is 0 Å². The summed E-state index contributed by atoms with van der Waals surface area (Å²) in [7, 11) is 0. The monoisotopic (exact) mass is 856 g/mol. The number of nitrogens with zero attached hydrogens (tertiary/aromatic N) is 2. The van der Waals surface area contributed by atoms with Gasteiger partial charge in [0.1, 0.15) is 0 Å². The molecule has 0 spiro atoms. The van der Waals surface area contributed by atoms with E-state index < -0.39 is 5.41 Å². The summed E-state index contributed by atoms with van der Waals surface area (Å²) in [5.41, 5.74) is 16.4. The van der Waals surface area contributed by atoms with Gasteiger partial charge in [-0.3, -0.25) is 0 Å². The third-order valence-corrected chi connectivity index (χ3v) is 14.7. The summed E-state index contributed by atoms with van der Waals surface area (Å²) in [5, 5.41) is 5.00. The molecule has 0 radical (unpaired) electrons. The van der Waals surface area contributed by atoms with Crippen LogP contribution >= 0.6 is 11.3 Å². The highest BCUT2D eigenvalue weighted by atomic mass is 32.1. The van der Waals surface area contributed by atoms with Crippen molar-refractivity contribution in [3.05, 3.63) is 265 Å². The van der Waals surface area contributed by atoms with Crippen molar-refractivity contribution in [2.24, 2.45) is 0 Å². The van der Waals surface area contributed by atoms with Crippen LogP contribution in [0.25, 0.3) is 98.2 Å². The van der Waals surface area contributed by atoms with E-state index in [1.807, 2.05) is 17.4 Å². The third kappa shape index (κ3) is 6.16. The second kappa shape index (κ2) is 15.5. The van der Waals surface area contributed by atoms with Crippen LogP contribution in [0, 0.1) is 0 Å². The topological polar surface area (TPSA) is 25.8 Å². The van der Waals surface area contributed by atoms with Crippen LogP contribution in [0.15, 0.2) is 243 Å². The standard InChI is InChI=1S/C63H40N2S/c1-4-18-42(19-5-1)62-64-57(45-33-34-53-52-25-12-14-28-55(52)63(56(53)39-45,49-21-6-2-7-22-49)50-23-8-3-9-24-50)40-58(65-62)48-37-46(44-32-31-41-17-10-11-20-43(41)35-44)36-47(38-48)51-27-16-30-60-61(51)54-26-13-15-29-59(54)66-60/h1-40H. The molecule has 1 aliphatic carbocycles. The van der Waals surface area contributed by atoms with Crippen LogP contribution in [-0.2, 0) is 5.41 Å². The molecular formula is C63H40N2S. The van der Waals surface area contributed by atoms with Crippen molar-refractivity contribution in [3.63, 3.8) is 0 Å². The van der Waals surface area contributed by atoms with Crippen LogP contribution in [0.5, 0.6) is 0 Å². The maximum absolute atomic E-state index is 5.44. The number of rotatable bonds is 7. The molecule has 0 N–H and O–H groups in total. The molecule has 0 atom stereocenters. The highest BCUT2D eigenvalue weighted by molar-refractivity contribution is 7.25. The van der Waals surface area contributed by atoms with Crippen molar-refractivity contribution >= 4 is 42.3 Å². The van der Waals surface area contributed by atoms with Gasteiger partial charge in [0, 0.05) is 36.9 Å². The normalized spacial score (nSPS) is 12.7. The fourth-order valence-electron chi connectivity index (χ4n) is 10.5. The summed E-state index contributed by atoms with van der Waals surface area (Å²) in [6.45, 7) is 0. The van der Waals surface area contributed by atoms with Gasteiger partial charge in [-0.05, 0) is 115 Å². The largest absolute Gasteiger partial charge is 0.228 e. The second-order valence-electron chi connectivity index (χ2n) is 17.3. The van der Waals surface area contributed by atoms with Gasteiger partial charge in [-0.2, -0.15) is 0 Å². The molecule has 13 rings (SSSR count). The molecule has 0 saturated carbocycles. The van der Waals surface area contributed by atoms with E-state index in [0.29, 0.717) is 5.82 Å². The molecule has 10 aromatic carbocycles.